The second-order valence-electron chi connectivity index (χ2n) is 10.7. The van der Waals surface area contributed by atoms with Crippen LogP contribution in [-0.2, 0) is 4.74 Å². The first kappa shape index (κ1) is 20.8. The molecular weight excluding hydrogens is 326 g/mol. The molecule has 1 N–H and O–H groups in total. The van der Waals surface area contributed by atoms with Gasteiger partial charge in [-0.05, 0) is 16.4 Å². The third-order valence-corrected chi connectivity index (χ3v) is 5.07. The molecule has 5 heteroatoms. The van der Waals surface area contributed by atoms with Crippen LogP contribution in [0.5, 0.6) is 0 Å². The second-order valence-corrected chi connectivity index (χ2v) is 10.7. The molecule has 1 amide bonds. The molecule has 0 radical (unpaired) electrons. The van der Waals surface area contributed by atoms with Crippen LogP contribution in [0, 0.1) is 16.2 Å². The van der Waals surface area contributed by atoms with Gasteiger partial charge in [0.25, 0.3) is 0 Å². The molecule has 0 aromatic heterocycles. The fraction of sp³-hybridized carbons (Fsp3) is 0.810. The summed E-state index contributed by atoms with van der Waals surface area (Å²) in [6, 6.07) is 0.181. The summed E-state index contributed by atoms with van der Waals surface area (Å²) in [5.41, 5.74) is 2.72. The number of alkyl carbamates (subject to hydrolysis) is 1. The number of hydrogen-bond acceptors (Lipinski definition) is 4. The molecule has 0 aromatic rings. The Morgan fingerprint density at radius 3 is 2.08 bits per heavy atom. The Labute approximate surface area is 159 Å². The minimum Gasteiger partial charge on any atom is -0.453 e. The van der Waals surface area contributed by atoms with Gasteiger partial charge in [-0.25, -0.2) is 4.79 Å². The van der Waals surface area contributed by atoms with Crippen LogP contribution in [0.2, 0.25) is 0 Å². The molecule has 0 aromatic carbocycles. The second kappa shape index (κ2) is 6.58. The molecule has 0 aliphatic carbocycles. The zero-order valence-electron chi connectivity index (χ0n) is 18.3. The molecule has 26 heavy (non-hydrogen) atoms. The Balaban J connectivity index is 2.58. The number of rotatable bonds is 1. The monoisotopic (exact) mass is 363 g/mol. The summed E-state index contributed by atoms with van der Waals surface area (Å²) >= 11 is 0. The third-order valence-electron chi connectivity index (χ3n) is 5.07. The van der Waals surface area contributed by atoms with Crippen molar-refractivity contribution < 1.29 is 9.53 Å². The molecule has 1 saturated heterocycles. The van der Waals surface area contributed by atoms with E-state index >= 15 is 0 Å². The summed E-state index contributed by atoms with van der Waals surface area (Å²) in [7, 11) is 1.41. The van der Waals surface area contributed by atoms with Gasteiger partial charge in [0.05, 0.1) is 19.2 Å². The molecule has 0 bridgehead atoms. The highest BCUT2D eigenvalue weighted by atomic mass is 16.5. The van der Waals surface area contributed by atoms with E-state index in [1.165, 1.54) is 18.4 Å². The van der Waals surface area contributed by atoms with Crippen molar-refractivity contribution in [3.8, 4) is 0 Å². The fourth-order valence-corrected chi connectivity index (χ4v) is 4.01. The lowest BCUT2D eigenvalue weighted by Gasteiger charge is -2.45. The van der Waals surface area contributed by atoms with Gasteiger partial charge in [-0.15, -0.1) is 0 Å². The number of hydrogen-bond donors (Lipinski definition) is 1. The number of carbonyl (C=O) groups is 1. The summed E-state index contributed by atoms with van der Waals surface area (Å²) < 4.78 is 4.81. The van der Waals surface area contributed by atoms with E-state index in [0.29, 0.717) is 0 Å². The molecule has 2 aliphatic heterocycles. The topological polar surface area (TPSA) is 53.9 Å². The van der Waals surface area contributed by atoms with Crippen molar-refractivity contribution in [1.29, 1.82) is 0 Å². The molecule has 2 unspecified atom stereocenters. The van der Waals surface area contributed by atoms with Crippen LogP contribution in [0.15, 0.2) is 16.3 Å². The van der Waals surface area contributed by atoms with Crippen molar-refractivity contribution in [1.82, 2.24) is 10.2 Å². The van der Waals surface area contributed by atoms with Crippen LogP contribution in [0.3, 0.4) is 0 Å². The summed E-state index contributed by atoms with van der Waals surface area (Å²) in [6.45, 7) is 21.0. The number of methoxy groups -OCH3 is 1. The van der Waals surface area contributed by atoms with E-state index in [-0.39, 0.29) is 34.4 Å². The molecule has 1 fully saturated rings. The van der Waals surface area contributed by atoms with Gasteiger partial charge in [0, 0.05) is 24.1 Å². The highest BCUT2D eigenvalue weighted by Gasteiger charge is 2.46. The number of ether oxygens (including phenoxy) is 1. The number of aliphatic imine (C=N–C) groups is 1. The fourth-order valence-electron chi connectivity index (χ4n) is 4.01. The number of carbonyl (C=O) groups excluding carboxylic acids is 1. The highest BCUT2D eigenvalue weighted by Crippen LogP contribution is 2.47. The standard InChI is InChI=1S/C21H37N3O2/c1-19(2,3)15-14-11-13(22-18(25)26-10)12-24(14)17(21(7,8)9)23-16(15)20(4,5)6/h13,16H,11-12H2,1-10H3,(H,22,25). The first-order valence-electron chi connectivity index (χ1n) is 9.60. The van der Waals surface area contributed by atoms with E-state index in [1.807, 2.05) is 0 Å². The minimum absolute atomic E-state index is 0.0125. The average Bonchev–Trinajstić information content (AvgIpc) is 2.84. The number of fused-ring (bicyclic) bond motifs is 1. The van der Waals surface area contributed by atoms with Crippen molar-refractivity contribution in [2.75, 3.05) is 13.7 Å². The van der Waals surface area contributed by atoms with Crippen molar-refractivity contribution in [3.05, 3.63) is 11.3 Å². The van der Waals surface area contributed by atoms with Crippen molar-refractivity contribution >= 4 is 11.9 Å². The van der Waals surface area contributed by atoms with Gasteiger partial charge in [-0.3, -0.25) is 4.99 Å². The average molecular weight is 364 g/mol. The summed E-state index contributed by atoms with van der Waals surface area (Å²) in [6.07, 6.45) is 0.456. The summed E-state index contributed by atoms with van der Waals surface area (Å²) in [5.74, 6) is 1.12. The first-order chi connectivity index (χ1) is 11.7. The van der Waals surface area contributed by atoms with Crippen molar-refractivity contribution in [3.63, 3.8) is 0 Å². The van der Waals surface area contributed by atoms with Gasteiger partial charge in [-0.1, -0.05) is 62.3 Å². The summed E-state index contributed by atoms with van der Waals surface area (Å²) in [5, 5.41) is 2.99. The maximum absolute atomic E-state index is 11.8. The third kappa shape index (κ3) is 4.07. The van der Waals surface area contributed by atoms with E-state index in [2.05, 4.69) is 72.5 Å². The van der Waals surface area contributed by atoms with Gasteiger partial charge in [0.2, 0.25) is 0 Å². The maximum Gasteiger partial charge on any atom is 0.407 e. The van der Waals surface area contributed by atoms with Gasteiger partial charge in [-0.2, -0.15) is 0 Å². The van der Waals surface area contributed by atoms with Gasteiger partial charge in [0.15, 0.2) is 0 Å². The molecule has 2 atom stereocenters. The van der Waals surface area contributed by atoms with Crippen LogP contribution in [-0.4, -0.2) is 42.6 Å². The summed E-state index contributed by atoms with van der Waals surface area (Å²) in [4.78, 5) is 19.4. The van der Waals surface area contributed by atoms with Crippen LogP contribution in [0.1, 0.15) is 68.7 Å². The zero-order valence-corrected chi connectivity index (χ0v) is 18.3. The van der Waals surface area contributed by atoms with Gasteiger partial charge < -0.3 is 15.0 Å². The Morgan fingerprint density at radius 1 is 1.08 bits per heavy atom. The Bertz CT molecular complexity index is 627. The molecular formula is C21H37N3O2. The highest BCUT2D eigenvalue weighted by molar-refractivity contribution is 5.91. The number of amidine groups is 1. The predicted molar refractivity (Wildman–Crippen MR) is 107 cm³/mol. The first-order valence-corrected chi connectivity index (χ1v) is 9.60. The molecule has 2 rings (SSSR count). The zero-order chi connectivity index (χ0) is 20.1. The minimum atomic E-state index is -0.366. The lowest BCUT2D eigenvalue weighted by molar-refractivity contribution is 0.167. The number of amides is 1. The van der Waals surface area contributed by atoms with E-state index in [1.54, 1.807) is 0 Å². The molecule has 0 saturated carbocycles. The van der Waals surface area contributed by atoms with Gasteiger partial charge in [0.1, 0.15) is 5.84 Å². The molecule has 2 heterocycles. The Kier molecular flexibility index (Phi) is 5.26. The Morgan fingerprint density at radius 2 is 1.65 bits per heavy atom. The predicted octanol–water partition coefficient (Wildman–Crippen LogP) is 4.59. The van der Waals surface area contributed by atoms with Crippen LogP contribution in [0.4, 0.5) is 4.79 Å². The van der Waals surface area contributed by atoms with Crippen LogP contribution < -0.4 is 5.32 Å². The van der Waals surface area contributed by atoms with E-state index in [0.717, 1.165) is 18.8 Å². The Hall–Kier alpha value is -1.52. The molecule has 0 spiro atoms. The molecule has 5 nitrogen and oxygen atoms in total. The normalized spacial score (nSPS) is 24.4. The van der Waals surface area contributed by atoms with Crippen molar-refractivity contribution in [2.24, 2.45) is 21.2 Å². The SMILES string of the molecule is COC(=O)NC1CC2=C(C(C)(C)C)C(C(C)(C)C)N=C(C(C)(C)C)N2C1. The molecule has 2 aliphatic rings. The lowest BCUT2D eigenvalue weighted by Crippen LogP contribution is -2.47. The number of nitrogens with zero attached hydrogens (tertiary/aromatic N) is 2. The van der Waals surface area contributed by atoms with Gasteiger partial charge >= 0.3 is 6.09 Å². The molecule has 148 valence electrons. The van der Waals surface area contributed by atoms with Crippen LogP contribution in [0.25, 0.3) is 0 Å². The smallest absolute Gasteiger partial charge is 0.407 e. The lowest BCUT2D eigenvalue weighted by atomic mass is 9.70. The van der Waals surface area contributed by atoms with E-state index < -0.39 is 0 Å². The largest absolute Gasteiger partial charge is 0.453 e. The van der Waals surface area contributed by atoms with Crippen LogP contribution >= 0.6 is 0 Å². The maximum atomic E-state index is 11.8. The van der Waals surface area contributed by atoms with E-state index in [9.17, 15) is 4.79 Å². The van der Waals surface area contributed by atoms with Crippen molar-refractivity contribution in [2.45, 2.75) is 80.8 Å². The van der Waals surface area contributed by atoms with E-state index in [4.69, 9.17) is 9.73 Å². The quantitative estimate of drug-likeness (QED) is 0.741. The number of nitrogens with one attached hydrogen (secondary N) is 1.